The van der Waals surface area contributed by atoms with Gasteiger partial charge < -0.3 is 15.0 Å². The lowest BCUT2D eigenvalue weighted by atomic mass is 9.99. The van der Waals surface area contributed by atoms with Gasteiger partial charge in [0.2, 0.25) is 11.4 Å². The summed E-state index contributed by atoms with van der Waals surface area (Å²) in [6.07, 6.45) is 0.699. The highest BCUT2D eigenvalue weighted by Crippen LogP contribution is 2.28. The number of hydrogen-bond donors (Lipinski definition) is 2. The molecule has 0 radical (unpaired) electrons. The van der Waals surface area contributed by atoms with E-state index in [9.17, 15) is 4.79 Å². The number of aryl methyl sites for hydroxylation is 2. The molecule has 6 nitrogen and oxygen atoms in total. The second-order valence-corrected chi connectivity index (χ2v) is 5.28. The molecule has 2 N–H and O–H groups in total. The summed E-state index contributed by atoms with van der Waals surface area (Å²) >= 11 is 0. The maximum Gasteiger partial charge on any atom is 0.388 e. The molecule has 0 heterocycles. The van der Waals surface area contributed by atoms with Crippen LogP contribution >= 0.6 is 0 Å². The van der Waals surface area contributed by atoms with Crippen LogP contribution in [0.15, 0.2) is 6.07 Å². The first-order valence-corrected chi connectivity index (χ1v) is 7.20. The highest BCUT2D eigenvalue weighted by molar-refractivity contribution is 5.55. The van der Waals surface area contributed by atoms with E-state index < -0.39 is 0 Å². The Kier molecular flexibility index (Phi) is 7.20. The fraction of sp³-hybridized carbons (Fsp3) is 0.500. The van der Waals surface area contributed by atoms with Crippen LogP contribution in [0, 0.1) is 26.8 Å². The average Bonchev–Trinajstić information content (AvgIpc) is 2.47. The number of benzene rings is 1. The van der Waals surface area contributed by atoms with Crippen LogP contribution in [0.3, 0.4) is 0 Å². The number of ether oxygens (including phenoxy) is 1. The smallest absolute Gasteiger partial charge is 0.388 e. The third-order valence-corrected chi connectivity index (χ3v) is 3.50. The van der Waals surface area contributed by atoms with E-state index >= 15 is 0 Å². The first kappa shape index (κ1) is 17.8. The maximum absolute atomic E-state index is 10.2. The fourth-order valence-electron chi connectivity index (χ4n) is 2.34. The van der Waals surface area contributed by atoms with Crippen LogP contribution in [0.1, 0.15) is 22.3 Å². The number of nitrogens with zero attached hydrogens (tertiary/aromatic N) is 2. The molecule has 0 saturated heterocycles. The minimum atomic E-state index is 0.540. The molecule has 6 heteroatoms. The van der Waals surface area contributed by atoms with E-state index in [1.807, 2.05) is 33.9 Å². The predicted octanol–water partition coefficient (Wildman–Crippen LogP) is 1.74. The van der Waals surface area contributed by atoms with E-state index in [1.54, 1.807) is 0 Å². The van der Waals surface area contributed by atoms with Gasteiger partial charge in [-0.05, 0) is 38.9 Å². The zero-order chi connectivity index (χ0) is 16.5. The van der Waals surface area contributed by atoms with Crippen LogP contribution < -0.4 is 10.1 Å². The molecule has 22 heavy (non-hydrogen) atoms. The van der Waals surface area contributed by atoms with Crippen LogP contribution in [0.2, 0.25) is 0 Å². The first-order valence-electron chi connectivity index (χ1n) is 7.20. The van der Waals surface area contributed by atoms with Crippen molar-refractivity contribution in [2.75, 3.05) is 33.3 Å². The lowest BCUT2D eigenvalue weighted by molar-refractivity contribution is -0.109. The summed E-state index contributed by atoms with van der Waals surface area (Å²) in [5.74, 6) is 0.802. The fourth-order valence-corrected chi connectivity index (χ4v) is 2.34. The van der Waals surface area contributed by atoms with Crippen molar-refractivity contribution < 1.29 is 14.7 Å². The van der Waals surface area contributed by atoms with Crippen molar-refractivity contribution in [1.29, 1.82) is 0 Å². The molecule has 1 rings (SSSR count). The molecule has 0 spiro atoms. The third-order valence-electron chi connectivity index (χ3n) is 3.50. The Morgan fingerprint density at radius 3 is 2.73 bits per heavy atom. The lowest BCUT2D eigenvalue weighted by Gasteiger charge is -2.18. The van der Waals surface area contributed by atoms with E-state index in [-0.39, 0.29) is 0 Å². The minimum Gasteiger partial charge on any atom is -0.492 e. The standard InChI is InChI=1S/C16H23N3O3/c1-12-9-13(2)16(14(3)15(12)10-18-21)22-8-7-19(4)6-5-17-11-20/h9,11H,5-8H2,1-4H3,(H-,17,20,21)/p+1. The summed E-state index contributed by atoms with van der Waals surface area (Å²) in [5.41, 5.74) is 3.72. The summed E-state index contributed by atoms with van der Waals surface area (Å²) in [5, 5.41) is 14.3. The summed E-state index contributed by atoms with van der Waals surface area (Å²) in [6, 6.07) is 4.59. The molecule has 120 valence electrons. The number of carbonyl (C=O) groups excluding carboxylic acids is 1. The molecule has 0 aliphatic rings. The topological polar surface area (TPSA) is 66.2 Å². The Morgan fingerprint density at radius 2 is 2.09 bits per heavy atom. The maximum atomic E-state index is 10.2. The lowest BCUT2D eigenvalue weighted by Crippen LogP contribution is -2.31. The number of hydrogen-bond acceptors (Lipinski definition) is 4. The molecule has 0 aliphatic heterocycles. The van der Waals surface area contributed by atoms with Gasteiger partial charge in [0.25, 0.3) is 0 Å². The van der Waals surface area contributed by atoms with E-state index in [4.69, 9.17) is 9.94 Å². The zero-order valence-corrected chi connectivity index (χ0v) is 13.6. The van der Waals surface area contributed by atoms with Crippen molar-refractivity contribution in [1.82, 2.24) is 10.2 Å². The number of rotatable bonds is 8. The monoisotopic (exact) mass is 306 g/mol. The highest BCUT2D eigenvalue weighted by atomic mass is 16.5. The Hall–Kier alpha value is -2.26. The SMILES string of the molecule is Cc1cc(C)c(OCCN(C)CCNC=O)c(C)c1C#[N+]O. The quantitative estimate of drug-likeness (QED) is 0.436. The molecule has 0 atom stereocenters. The van der Waals surface area contributed by atoms with E-state index in [0.29, 0.717) is 19.6 Å². The van der Waals surface area contributed by atoms with Crippen LogP contribution in [0.5, 0.6) is 5.75 Å². The molecule has 0 fully saturated rings. The molecule has 0 unspecified atom stereocenters. The Balaban J connectivity index is 2.67. The molecular weight excluding hydrogens is 282 g/mol. The van der Waals surface area contributed by atoms with Gasteiger partial charge in [-0.1, -0.05) is 6.07 Å². The van der Waals surface area contributed by atoms with Crippen LogP contribution in [-0.2, 0) is 4.79 Å². The molecule has 1 amide bonds. The van der Waals surface area contributed by atoms with Crippen molar-refractivity contribution in [3.8, 4) is 11.8 Å². The van der Waals surface area contributed by atoms with Crippen molar-refractivity contribution in [3.05, 3.63) is 33.3 Å². The van der Waals surface area contributed by atoms with Crippen molar-refractivity contribution >= 4 is 6.41 Å². The van der Waals surface area contributed by atoms with Crippen molar-refractivity contribution in [2.24, 2.45) is 0 Å². The summed E-state index contributed by atoms with van der Waals surface area (Å²) < 4.78 is 5.89. The Bertz CT molecular complexity index is 576. The van der Waals surface area contributed by atoms with Crippen LogP contribution in [0.4, 0.5) is 0 Å². The molecule has 0 aromatic heterocycles. The van der Waals surface area contributed by atoms with Crippen LogP contribution in [-0.4, -0.2) is 49.8 Å². The molecule has 0 saturated carbocycles. The Morgan fingerprint density at radius 1 is 1.36 bits per heavy atom. The normalized spacial score (nSPS) is 10.0. The molecule has 1 aromatic rings. The molecular formula is C16H24N3O3+. The minimum absolute atomic E-state index is 0.540. The predicted molar refractivity (Wildman–Crippen MR) is 85.8 cm³/mol. The van der Waals surface area contributed by atoms with Gasteiger partial charge in [-0.25, -0.2) is 0 Å². The first-order chi connectivity index (χ1) is 10.5. The number of amides is 1. The summed E-state index contributed by atoms with van der Waals surface area (Å²) in [7, 11) is 1.97. The van der Waals surface area contributed by atoms with E-state index in [0.717, 1.165) is 41.1 Å². The molecule has 0 bridgehead atoms. The van der Waals surface area contributed by atoms with Gasteiger partial charge in [0.05, 0.1) is 0 Å². The van der Waals surface area contributed by atoms with Crippen LogP contribution in [0.25, 0.3) is 5.01 Å². The third kappa shape index (κ3) is 4.93. The van der Waals surface area contributed by atoms with Crippen molar-refractivity contribution in [2.45, 2.75) is 20.8 Å². The van der Waals surface area contributed by atoms with Gasteiger partial charge in [-0.2, -0.15) is 5.21 Å². The van der Waals surface area contributed by atoms with Crippen molar-refractivity contribution in [3.63, 3.8) is 0 Å². The number of likely N-dealkylation sites (N-methyl/N-ethyl adjacent to an activating group) is 1. The van der Waals surface area contributed by atoms with Gasteiger partial charge in [-0.15, -0.1) is 0 Å². The van der Waals surface area contributed by atoms with E-state index in [2.05, 4.69) is 21.3 Å². The Labute approximate surface area is 131 Å². The molecule has 0 aliphatic carbocycles. The van der Waals surface area contributed by atoms with Gasteiger partial charge in [0.15, 0.2) is 0 Å². The number of carbonyl (C=O) groups is 1. The van der Waals surface area contributed by atoms with Gasteiger partial charge in [0, 0.05) is 25.2 Å². The van der Waals surface area contributed by atoms with E-state index in [1.165, 1.54) is 0 Å². The average molecular weight is 306 g/mol. The van der Waals surface area contributed by atoms with Gasteiger partial charge >= 0.3 is 6.07 Å². The molecule has 1 aromatic carbocycles. The second-order valence-electron chi connectivity index (χ2n) is 5.28. The zero-order valence-electron chi connectivity index (χ0n) is 13.6. The largest absolute Gasteiger partial charge is 0.492 e. The second kappa shape index (κ2) is 8.90. The van der Waals surface area contributed by atoms with Gasteiger partial charge in [0.1, 0.15) is 17.9 Å². The number of nitrogens with one attached hydrogen (secondary N) is 1. The highest BCUT2D eigenvalue weighted by Gasteiger charge is 2.15. The summed E-state index contributed by atoms with van der Waals surface area (Å²) in [6.45, 7) is 8.55. The van der Waals surface area contributed by atoms with Gasteiger partial charge in [-0.3, -0.25) is 4.79 Å². The summed E-state index contributed by atoms with van der Waals surface area (Å²) in [4.78, 5) is 12.3.